The fourth-order valence-corrected chi connectivity index (χ4v) is 4.41. The topological polar surface area (TPSA) is 52.0 Å². The van der Waals surface area contributed by atoms with Crippen molar-refractivity contribution in [2.45, 2.75) is 12.0 Å². The summed E-state index contributed by atoms with van der Waals surface area (Å²) in [7, 11) is 1.67. The highest BCUT2D eigenvalue weighted by Gasteiger charge is 2.29. The average molecular weight is 432 g/mol. The summed E-state index contributed by atoms with van der Waals surface area (Å²) in [5.74, 6) is 0.518. The summed E-state index contributed by atoms with van der Waals surface area (Å²) in [6, 6.07) is 28.3. The van der Waals surface area contributed by atoms with Gasteiger partial charge in [-0.1, -0.05) is 60.7 Å². The Balaban J connectivity index is 1.55. The molecule has 3 aromatic rings. The van der Waals surface area contributed by atoms with Gasteiger partial charge in [-0.2, -0.15) is 0 Å². The minimum Gasteiger partial charge on any atom is -0.497 e. The quantitative estimate of drug-likeness (QED) is 0.577. The number of methoxy groups -OCH3 is 1. The molecule has 1 aliphatic rings. The summed E-state index contributed by atoms with van der Waals surface area (Å²) in [6.45, 7) is 3.90. The number of hydrogen-bond donors (Lipinski definition) is 2. The van der Waals surface area contributed by atoms with E-state index in [1.807, 2.05) is 72.8 Å². The number of morpholine rings is 1. The zero-order valence-corrected chi connectivity index (χ0v) is 18.5. The van der Waals surface area contributed by atoms with Gasteiger partial charge in [0.2, 0.25) is 5.91 Å². The molecule has 5 heteroatoms. The highest BCUT2D eigenvalue weighted by Crippen LogP contribution is 2.25. The van der Waals surface area contributed by atoms with E-state index in [4.69, 9.17) is 9.47 Å². The van der Waals surface area contributed by atoms with Crippen LogP contribution in [0, 0.1) is 0 Å². The normalized spacial score (nSPS) is 15.3. The van der Waals surface area contributed by atoms with Gasteiger partial charge in [0, 0.05) is 5.56 Å². The van der Waals surface area contributed by atoms with Gasteiger partial charge in [0.25, 0.3) is 0 Å². The van der Waals surface area contributed by atoms with E-state index in [9.17, 15) is 4.79 Å². The fourth-order valence-electron chi connectivity index (χ4n) is 4.41. The van der Waals surface area contributed by atoms with Gasteiger partial charge >= 0.3 is 0 Å². The molecule has 3 aromatic carbocycles. The summed E-state index contributed by atoms with van der Waals surface area (Å²) in [4.78, 5) is 14.9. The van der Waals surface area contributed by atoms with Crippen LogP contribution in [0.3, 0.4) is 0 Å². The van der Waals surface area contributed by atoms with Crippen molar-refractivity contribution in [1.82, 2.24) is 5.32 Å². The van der Waals surface area contributed by atoms with Crippen LogP contribution in [0.25, 0.3) is 0 Å². The molecule has 32 heavy (non-hydrogen) atoms. The van der Waals surface area contributed by atoms with Crippen LogP contribution in [0.4, 0.5) is 0 Å². The maximum Gasteiger partial charge on any atom is 0.232 e. The van der Waals surface area contributed by atoms with Crippen LogP contribution in [0.1, 0.15) is 28.7 Å². The highest BCUT2D eigenvalue weighted by atomic mass is 16.5. The number of carbonyl (C=O) groups excluding carboxylic acids is 1. The van der Waals surface area contributed by atoms with Gasteiger partial charge in [-0.05, 0) is 35.4 Å². The first kappa shape index (κ1) is 22.1. The summed E-state index contributed by atoms with van der Waals surface area (Å²) in [5.41, 5.74) is 3.19. The summed E-state index contributed by atoms with van der Waals surface area (Å²) in [6.07, 6.45) is 0. The smallest absolute Gasteiger partial charge is 0.232 e. The van der Waals surface area contributed by atoms with Crippen LogP contribution in [0.15, 0.2) is 84.9 Å². The summed E-state index contributed by atoms with van der Waals surface area (Å²) in [5, 5.41) is 3.27. The second-order valence-electron chi connectivity index (χ2n) is 8.10. The van der Waals surface area contributed by atoms with E-state index < -0.39 is 0 Å². The molecule has 1 saturated heterocycles. The fraction of sp³-hybridized carbons (Fsp3) is 0.296. The molecule has 1 aliphatic heterocycles. The minimum absolute atomic E-state index is 0.0218. The Kier molecular flexibility index (Phi) is 7.54. The first-order valence-corrected chi connectivity index (χ1v) is 11.2. The second-order valence-corrected chi connectivity index (χ2v) is 8.10. The molecule has 1 fully saturated rings. The van der Waals surface area contributed by atoms with Gasteiger partial charge in [-0.15, -0.1) is 0 Å². The standard InChI is InChI=1S/C27H30N2O3/c1-31-24-14-12-21(13-15-24)25(29-16-18-32-19-17-29)20-28-27(30)26(22-8-4-2-5-9-22)23-10-6-3-7-11-23/h2-15,25-26H,16-20H2,1H3,(H,28,30)/p+1/t25-/m1/s1. The molecule has 1 atom stereocenters. The number of nitrogens with one attached hydrogen (secondary N) is 2. The van der Waals surface area contributed by atoms with Gasteiger partial charge in [0.15, 0.2) is 0 Å². The van der Waals surface area contributed by atoms with E-state index in [0.717, 1.165) is 43.2 Å². The van der Waals surface area contributed by atoms with E-state index >= 15 is 0 Å². The van der Waals surface area contributed by atoms with Crippen molar-refractivity contribution in [3.8, 4) is 5.75 Å². The molecule has 0 aliphatic carbocycles. The van der Waals surface area contributed by atoms with E-state index in [-0.39, 0.29) is 17.9 Å². The molecule has 166 valence electrons. The van der Waals surface area contributed by atoms with E-state index in [2.05, 4.69) is 17.4 Å². The predicted molar refractivity (Wildman–Crippen MR) is 125 cm³/mol. The molecular weight excluding hydrogens is 400 g/mol. The molecule has 1 amide bonds. The van der Waals surface area contributed by atoms with Crippen LogP contribution in [-0.4, -0.2) is 45.9 Å². The number of ether oxygens (including phenoxy) is 2. The number of rotatable bonds is 8. The third-order valence-corrected chi connectivity index (χ3v) is 6.15. The van der Waals surface area contributed by atoms with Crippen LogP contribution in [0.2, 0.25) is 0 Å². The van der Waals surface area contributed by atoms with Crippen LogP contribution >= 0.6 is 0 Å². The van der Waals surface area contributed by atoms with Gasteiger partial charge in [0.1, 0.15) is 24.9 Å². The Hall–Kier alpha value is -3.15. The Labute approximate surface area is 190 Å². The zero-order valence-electron chi connectivity index (χ0n) is 18.5. The van der Waals surface area contributed by atoms with Crippen LogP contribution < -0.4 is 15.0 Å². The first-order chi connectivity index (χ1) is 15.8. The molecule has 0 saturated carbocycles. The van der Waals surface area contributed by atoms with Gasteiger partial charge in [-0.25, -0.2) is 0 Å². The van der Waals surface area contributed by atoms with Crippen molar-refractivity contribution in [3.05, 3.63) is 102 Å². The number of quaternary nitrogens is 1. The molecule has 0 spiro atoms. The largest absolute Gasteiger partial charge is 0.497 e. The summed E-state index contributed by atoms with van der Waals surface area (Å²) >= 11 is 0. The lowest BCUT2D eigenvalue weighted by atomic mass is 9.90. The predicted octanol–water partition coefficient (Wildman–Crippen LogP) is 2.60. The molecule has 0 unspecified atom stereocenters. The lowest BCUT2D eigenvalue weighted by Crippen LogP contribution is -3.15. The lowest BCUT2D eigenvalue weighted by Gasteiger charge is -2.32. The van der Waals surface area contributed by atoms with E-state index in [1.165, 1.54) is 10.5 Å². The Morgan fingerprint density at radius 3 is 1.97 bits per heavy atom. The molecule has 0 aromatic heterocycles. The zero-order chi connectivity index (χ0) is 22.2. The number of amides is 1. The van der Waals surface area contributed by atoms with Crippen molar-refractivity contribution in [2.75, 3.05) is 40.0 Å². The maximum absolute atomic E-state index is 13.5. The highest BCUT2D eigenvalue weighted by molar-refractivity contribution is 5.87. The van der Waals surface area contributed by atoms with Crippen LogP contribution in [0.5, 0.6) is 5.75 Å². The van der Waals surface area contributed by atoms with Gasteiger partial charge < -0.3 is 19.7 Å². The SMILES string of the molecule is COc1ccc([C@@H](CNC(=O)C(c2ccccc2)c2ccccc2)[NH+]2CCOCC2)cc1. The molecule has 1 heterocycles. The first-order valence-electron chi connectivity index (χ1n) is 11.2. The third-order valence-electron chi connectivity index (χ3n) is 6.15. The van der Waals surface area contributed by atoms with Crippen molar-refractivity contribution in [1.29, 1.82) is 0 Å². The minimum atomic E-state index is -0.339. The van der Waals surface area contributed by atoms with Crippen molar-refractivity contribution < 1.29 is 19.2 Å². The molecule has 5 nitrogen and oxygen atoms in total. The van der Waals surface area contributed by atoms with E-state index in [1.54, 1.807) is 7.11 Å². The Morgan fingerprint density at radius 2 is 1.44 bits per heavy atom. The number of carbonyl (C=O) groups is 1. The van der Waals surface area contributed by atoms with Crippen molar-refractivity contribution in [2.24, 2.45) is 0 Å². The van der Waals surface area contributed by atoms with E-state index in [0.29, 0.717) is 6.54 Å². The molecule has 0 bridgehead atoms. The molecule has 2 N–H and O–H groups in total. The molecule has 4 rings (SSSR count). The van der Waals surface area contributed by atoms with Crippen molar-refractivity contribution in [3.63, 3.8) is 0 Å². The third kappa shape index (κ3) is 5.36. The van der Waals surface area contributed by atoms with Gasteiger partial charge in [-0.3, -0.25) is 4.79 Å². The number of hydrogen-bond acceptors (Lipinski definition) is 3. The van der Waals surface area contributed by atoms with Crippen molar-refractivity contribution >= 4 is 5.91 Å². The lowest BCUT2D eigenvalue weighted by molar-refractivity contribution is -0.937. The number of benzene rings is 3. The molecule has 0 radical (unpaired) electrons. The summed E-state index contributed by atoms with van der Waals surface area (Å²) < 4.78 is 10.9. The monoisotopic (exact) mass is 431 g/mol. The second kappa shape index (κ2) is 10.9. The van der Waals surface area contributed by atoms with Crippen LogP contribution in [-0.2, 0) is 9.53 Å². The molecular formula is C27H31N2O3+. The Morgan fingerprint density at radius 1 is 0.875 bits per heavy atom. The average Bonchev–Trinajstić information content (AvgIpc) is 2.87. The Bertz CT molecular complexity index is 931. The maximum atomic E-state index is 13.5. The van der Waals surface area contributed by atoms with Gasteiger partial charge in [0.05, 0.1) is 32.8 Å².